The van der Waals surface area contributed by atoms with Crippen LogP contribution < -0.4 is 0 Å². The van der Waals surface area contributed by atoms with Crippen LogP contribution in [0.15, 0.2) is 0 Å². The van der Waals surface area contributed by atoms with Gasteiger partial charge >= 0.3 is 6.18 Å². The van der Waals surface area contributed by atoms with Crippen molar-refractivity contribution in [3.63, 3.8) is 0 Å². The number of likely N-dealkylation sites (tertiary alicyclic amines) is 1. The van der Waals surface area contributed by atoms with Crippen LogP contribution in [0.3, 0.4) is 0 Å². The van der Waals surface area contributed by atoms with Gasteiger partial charge in [-0.05, 0) is 38.3 Å². The van der Waals surface area contributed by atoms with Gasteiger partial charge in [-0.25, -0.2) is 0 Å². The largest absolute Gasteiger partial charge is 0.405 e. The molecule has 5 heteroatoms. The second-order valence-corrected chi connectivity index (χ2v) is 4.56. The van der Waals surface area contributed by atoms with Crippen LogP contribution in [-0.4, -0.2) is 30.7 Å². The van der Waals surface area contributed by atoms with Crippen LogP contribution in [-0.2, 0) is 0 Å². The van der Waals surface area contributed by atoms with Crippen LogP contribution in [0.2, 0.25) is 0 Å². The summed E-state index contributed by atoms with van der Waals surface area (Å²) < 4.78 is 37.2. The smallest absolute Gasteiger partial charge is 0.302 e. The minimum atomic E-state index is -4.40. The van der Waals surface area contributed by atoms with E-state index >= 15 is 0 Å². The highest BCUT2D eigenvalue weighted by Gasteiger charge is 2.40. The molecule has 0 spiro atoms. The summed E-state index contributed by atoms with van der Waals surface area (Å²) in [6.45, 7) is 3.30. The summed E-state index contributed by atoms with van der Waals surface area (Å²) in [4.78, 5) is 1.77. The molecule has 1 aliphatic heterocycles. The first kappa shape index (κ1) is 13.3. The second-order valence-electron chi connectivity index (χ2n) is 4.56. The maximum Gasteiger partial charge on any atom is 0.405 e. The molecule has 16 heavy (non-hydrogen) atoms. The zero-order valence-corrected chi connectivity index (χ0v) is 9.43. The normalized spacial score (nSPS) is 25.8. The Hall–Kier alpha value is -0.760. The van der Waals surface area contributed by atoms with E-state index in [1.54, 1.807) is 4.90 Å². The van der Waals surface area contributed by atoms with E-state index in [-0.39, 0.29) is 6.54 Å². The Morgan fingerprint density at radius 3 is 2.62 bits per heavy atom. The summed E-state index contributed by atoms with van der Waals surface area (Å²) >= 11 is 0. The van der Waals surface area contributed by atoms with Crippen molar-refractivity contribution in [2.45, 2.75) is 32.4 Å². The van der Waals surface area contributed by atoms with Crippen molar-refractivity contribution < 1.29 is 13.2 Å². The number of nitrogens with zero attached hydrogens (tertiary/aromatic N) is 2. The van der Waals surface area contributed by atoms with Gasteiger partial charge < -0.3 is 4.90 Å². The first-order chi connectivity index (χ1) is 7.43. The highest BCUT2D eigenvalue weighted by atomic mass is 19.4. The van der Waals surface area contributed by atoms with Crippen molar-refractivity contribution in [2.24, 2.45) is 11.8 Å². The number of halogens is 3. The lowest BCUT2D eigenvalue weighted by molar-refractivity contribution is -0.163. The average molecular weight is 234 g/mol. The Kier molecular flexibility index (Phi) is 4.60. The minimum absolute atomic E-state index is 0.174. The summed E-state index contributed by atoms with van der Waals surface area (Å²) in [5.41, 5.74) is 0. The van der Waals surface area contributed by atoms with Crippen molar-refractivity contribution >= 4 is 0 Å². The maximum absolute atomic E-state index is 12.4. The average Bonchev–Trinajstić information content (AvgIpc) is 2.38. The molecule has 0 aromatic heterocycles. The quantitative estimate of drug-likeness (QED) is 0.734. The lowest BCUT2D eigenvalue weighted by atomic mass is 10.0. The van der Waals surface area contributed by atoms with Crippen LogP contribution in [0.4, 0.5) is 13.2 Å². The molecular weight excluding hydrogens is 217 g/mol. The van der Waals surface area contributed by atoms with Crippen molar-refractivity contribution in [1.82, 2.24) is 4.90 Å². The molecule has 2 unspecified atom stereocenters. The standard InChI is InChI=1S/C11H17F3N2/c1-9-3-2-5-16(6-4-9)8-10(7-15)11(12,13)14/h9-10H,2-6,8H2,1H3. The number of rotatable bonds is 2. The third kappa shape index (κ3) is 4.01. The van der Waals surface area contributed by atoms with Crippen LogP contribution in [0.25, 0.3) is 0 Å². The van der Waals surface area contributed by atoms with E-state index in [1.807, 2.05) is 0 Å². The SMILES string of the molecule is CC1CCCN(CC(C#N)C(F)(F)F)CC1. The fourth-order valence-electron chi connectivity index (χ4n) is 1.98. The van der Waals surface area contributed by atoms with Gasteiger partial charge in [-0.1, -0.05) is 6.92 Å². The molecule has 0 aliphatic carbocycles. The molecule has 0 aromatic rings. The lowest BCUT2D eigenvalue weighted by Crippen LogP contribution is -2.36. The van der Waals surface area contributed by atoms with Crippen LogP contribution in [0.1, 0.15) is 26.2 Å². The second kappa shape index (κ2) is 5.53. The third-order valence-corrected chi connectivity index (χ3v) is 3.10. The molecule has 0 radical (unpaired) electrons. The molecule has 92 valence electrons. The van der Waals surface area contributed by atoms with Crippen molar-refractivity contribution in [3.8, 4) is 6.07 Å². The molecule has 0 amide bonds. The predicted octanol–water partition coefficient (Wildman–Crippen LogP) is 2.81. The molecule has 1 saturated heterocycles. The van der Waals surface area contributed by atoms with E-state index in [9.17, 15) is 13.2 Å². The van der Waals surface area contributed by atoms with Crippen LogP contribution >= 0.6 is 0 Å². The van der Waals surface area contributed by atoms with E-state index < -0.39 is 12.1 Å². The predicted molar refractivity (Wildman–Crippen MR) is 54.6 cm³/mol. The van der Waals surface area contributed by atoms with E-state index in [4.69, 9.17) is 5.26 Å². The van der Waals surface area contributed by atoms with Crippen LogP contribution in [0, 0.1) is 23.2 Å². The molecule has 1 aliphatic rings. The molecule has 0 aromatic carbocycles. The third-order valence-electron chi connectivity index (χ3n) is 3.10. The van der Waals surface area contributed by atoms with Gasteiger partial charge in [0, 0.05) is 6.54 Å². The number of alkyl halides is 3. The molecule has 1 heterocycles. The highest BCUT2D eigenvalue weighted by Crippen LogP contribution is 2.27. The van der Waals surface area contributed by atoms with Crippen molar-refractivity contribution in [2.75, 3.05) is 19.6 Å². The molecule has 1 fully saturated rings. The molecule has 2 atom stereocenters. The maximum atomic E-state index is 12.4. The Labute approximate surface area is 94.0 Å². The number of hydrogen-bond acceptors (Lipinski definition) is 2. The minimum Gasteiger partial charge on any atom is -0.302 e. The van der Waals surface area contributed by atoms with Gasteiger partial charge in [0.25, 0.3) is 0 Å². The Morgan fingerprint density at radius 2 is 2.06 bits per heavy atom. The van der Waals surface area contributed by atoms with Crippen molar-refractivity contribution in [3.05, 3.63) is 0 Å². The van der Waals surface area contributed by atoms with Gasteiger partial charge in [0.15, 0.2) is 5.92 Å². The summed E-state index contributed by atoms with van der Waals surface area (Å²) in [6, 6.07) is 1.35. The Balaban J connectivity index is 2.49. The van der Waals surface area contributed by atoms with Gasteiger partial charge in [-0.2, -0.15) is 18.4 Å². The fraction of sp³-hybridized carbons (Fsp3) is 0.909. The lowest BCUT2D eigenvalue weighted by Gasteiger charge is -2.23. The molecule has 0 bridgehead atoms. The van der Waals surface area contributed by atoms with Gasteiger partial charge in [-0.15, -0.1) is 0 Å². The first-order valence-electron chi connectivity index (χ1n) is 5.62. The molecule has 0 saturated carbocycles. The zero-order valence-electron chi connectivity index (χ0n) is 9.43. The van der Waals surface area contributed by atoms with Crippen LogP contribution in [0.5, 0.6) is 0 Å². The molecular formula is C11H17F3N2. The zero-order chi connectivity index (χ0) is 12.2. The van der Waals surface area contributed by atoms with E-state index in [1.165, 1.54) is 6.07 Å². The molecule has 0 N–H and O–H groups in total. The van der Waals surface area contributed by atoms with Gasteiger partial charge in [0.05, 0.1) is 6.07 Å². The monoisotopic (exact) mass is 234 g/mol. The van der Waals surface area contributed by atoms with E-state index in [0.29, 0.717) is 19.0 Å². The van der Waals surface area contributed by atoms with Gasteiger partial charge in [0.2, 0.25) is 0 Å². The number of nitriles is 1. The topological polar surface area (TPSA) is 27.0 Å². The van der Waals surface area contributed by atoms with Gasteiger partial charge in [0.1, 0.15) is 0 Å². The van der Waals surface area contributed by atoms with E-state index in [0.717, 1.165) is 19.3 Å². The number of hydrogen-bond donors (Lipinski definition) is 0. The molecule has 1 rings (SSSR count). The Bertz CT molecular complexity index is 257. The highest BCUT2D eigenvalue weighted by molar-refractivity contribution is 4.91. The molecule has 2 nitrogen and oxygen atoms in total. The summed E-state index contributed by atoms with van der Waals surface area (Å²) in [5.74, 6) is -1.27. The summed E-state index contributed by atoms with van der Waals surface area (Å²) in [5, 5.41) is 8.52. The first-order valence-corrected chi connectivity index (χ1v) is 5.62. The Morgan fingerprint density at radius 1 is 1.38 bits per heavy atom. The van der Waals surface area contributed by atoms with Gasteiger partial charge in [-0.3, -0.25) is 0 Å². The fourth-order valence-corrected chi connectivity index (χ4v) is 1.98. The van der Waals surface area contributed by atoms with E-state index in [2.05, 4.69) is 6.92 Å². The summed E-state index contributed by atoms with van der Waals surface area (Å²) in [7, 11) is 0. The summed E-state index contributed by atoms with van der Waals surface area (Å²) in [6.07, 6.45) is -1.47. The van der Waals surface area contributed by atoms with Crippen molar-refractivity contribution in [1.29, 1.82) is 5.26 Å².